The number of rotatable bonds is 7. The number of ether oxygens (including phenoxy) is 2. The van der Waals surface area contributed by atoms with Crippen LogP contribution in [0.2, 0.25) is 0 Å². The van der Waals surface area contributed by atoms with Crippen LogP contribution in [0.3, 0.4) is 0 Å². The molecule has 0 saturated carbocycles. The largest absolute Gasteiger partial charge is 0.459 e. The number of carbonyl (C=O) groups is 1. The third-order valence-corrected chi connectivity index (χ3v) is 1.96. The Labute approximate surface area is 100 Å². The second-order valence-corrected chi connectivity index (χ2v) is 3.44. The standard InChI is InChI=1S/C13H16O4/c1-2-8-16-9-12(14)10-17-13(15)11-6-4-3-5-7-11/h2-7,12,14H,1,8-10H2. The summed E-state index contributed by atoms with van der Waals surface area (Å²) in [7, 11) is 0. The maximum absolute atomic E-state index is 11.5. The van der Waals surface area contributed by atoms with Crippen LogP contribution >= 0.6 is 0 Å². The van der Waals surface area contributed by atoms with Crippen LogP contribution in [-0.4, -0.2) is 37.0 Å². The monoisotopic (exact) mass is 236 g/mol. The SMILES string of the molecule is C=CCOCC(O)COC(=O)c1ccccc1. The van der Waals surface area contributed by atoms with Gasteiger partial charge in [-0.05, 0) is 12.1 Å². The first-order chi connectivity index (χ1) is 8.24. The molecule has 17 heavy (non-hydrogen) atoms. The molecule has 1 aromatic rings. The third kappa shape index (κ3) is 5.29. The van der Waals surface area contributed by atoms with Gasteiger partial charge in [0.15, 0.2) is 0 Å². The molecule has 1 aromatic carbocycles. The fourth-order valence-electron chi connectivity index (χ4n) is 1.16. The molecule has 1 unspecified atom stereocenters. The number of benzene rings is 1. The van der Waals surface area contributed by atoms with Gasteiger partial charge in [0.1, 0.15) is 12.7 Å². The van der Waals surface area contributed by atoms with Crippen LogP contribution in [0.1, 0.15) is 10.4 Å². The van der Waals surface area contributed by atoms with Crippen LogP contribution in [0.4, 0.5) is 0 Å². The lowest BCUT2D eigenvalue weighted by Gasteiger charge is -2.11. The highest BCUT2D eigenvalue weighted by molar-refractivity contribution is 5.89. The molecule has 0 fully saturated rings. The van der Waals surface area contributed by atoms with Crippen molar-refractivity contribution < 1.29 is 19.4 Å². The maximum atomic E-state index is 11.5. The van der Waals surface area contributed by atoms with Gasteiger partial charge in [0.2, 0.25) is 0 Å². The van der Waals surface area contributed by atoms with Crippen molar-refractivity contribution in [3.63, 3.8) is 0 Å². The highest BCUT2D eigenvalue weighted by atomic mass is 16.5. The van der Waals surface area contributed by atoms with Gasteiger partial charge >= 0.3 is 5.97 Å². The van der Waals surface area contributed by atoms with E-state index in [9.17, 15) is 9.90 Å². The molecule has 0 saturated heterocycles. The van der Waals surface area contributed by atoms with Crippen molar-refractivity contribution in [2.45, 2.75) is 6.10 Å². The molecule has 92 valence electrons. The van der Waals surface area contributed by atoms with Crippen LogP contribution in [-0.2, 0) is 9.47 Å². The Morgan fingerprint density at radius 1 is 1.35 bits per heavy atom. The third-order valence-electron chi connectivity index (χ3n) is 1.96. The predicted molar refractivity (Wildman–Crippen MR) is 63.7 cm³/mol. The van der Waals surface area contributed by atoms with Crippen molar-refractivity contribution in [3.8, 4) is 0 Å². The zero-order valence-corrected chi connectivity index (χ0v) is 9.54. The van der Waals surface area contributed by atoms with Gasteiger partial charge in [-0.3, -0.25) is 0 Å². The fourth-order valence-corrected chi connectivity index (χ4v) is 1.16. The van der Waals surface area contributed by atoms with E-state index in [0.29, 0.717) is 12.2 Å². The lowest BCUT2D eigenvalue weighted by Crippen LogP contribution is -2.23. The zero-order valence-electron chi connectivity index (χ0n) is 9.54. The van der Waals surface area contributed by atoms with E-state index in [1.54, 1.807) is 30.3 Å². The minimum Gasteiger partial charge on any atom is -0.459 e. The number of carbonyl (C=O) groups excluding carboxylic acids is 1. The summed E-state index contributed by atoms with van der Waals surface area (Å²) >= 11 is 0. The van der Waals surface area contributed by atoms with Gasteiger partial charge < -0.3 is 14.6 Å². The van der Waals surface area contributed by atoms with E-state index in [1.807, 2.05) is 6.07 Å². The summed E-state index contributed by atoms with van der Waals surface area (Å²) in [6.07, 6.45) is 0.769. The van der Waals surface area contributed by atoms with Crippen LogP contribution in [0.15, 0.2) is 43.0 Å². The lowest BCUT2D eigenvalue weighted by molar-refractivity contribution is -0.00559. The molecule has 0 aliphatic carbocycles. The molecule has 0 heterocycles. The molecule has 0 aliphatic rings. The molecular formula is C13H16O4. The van der Waals surface area contributed by atoms with Crippen molar-refractivity contribution >= 4 is 5.97 Å². The van der Waals surface area contributed by atoms with Gasteiger partial charge in [-0.1, -0.05) is 24.3 Å². The van der Waals surface area contributed by atoms with E-state index in [0.717, 1.165) is 0 Å². The van der Waals surface area contributed by atoms with Gasteiger partial charge in [0.05, 0.1) is 18.8 Å². The number of aliphatic hydroxyl groups excluding tert-OH is 1. The number of hydrogen-bond donors (Lipinski definition) is 1. The summed E-state index contributed by atoms with van der Waals surface area (Å²) in [4.78, 5) is 11.5. The highest BCUT2D eigenvalue weighted by Crippen LogP contribution is 2.01. The maximum Gasteiger partial charge on any atom is 0.338 e. The molecule has 1 rings (SSSR count). The molecule has 0 radical (unpaired) electrons. The number of esters is 1. The van der Waals surface area contributed by atoms with Crippen molar-refractivity contribution in [1.82, 2.24) is 0 Å². The molecule has 1 N–H and O–H groups in total. The van der Waals surface area contributed by atoms with E-state index < -0.39 is 12.1 Å². The van der Waals surface area contributed by atoms with Crippen LogP contribution in [0.25, 0.3) is 0 Å². The quantitative estimate of drug-likeness (QED) is 0.442. The predicted octanol–water partition coefficient (Wildman–Crippen LogP) is 1.41. The normalized spacial score (nSPS) is 11.8. The zero-order chi connectivity index (χ0) is 12.5. The summed E-state index contributed by atoms with van der Waals surface area (Å²) < 4.78 is 9.95. The van der Waals surface area contributed by atoms with Gasteiger partial charge in [0.25, 0.3) is 0 Å². The van der Waals surface area contributed by atoms with Gasteiger partial charge in [-0.15, -0.1) is 6.58 Å². The summed E-state index contributed by atoms with van der Waals surface area (Å²) in [5.41, 5.74) is 0.465. The fraction of sp³-hybridized carbons (Fsp3) is 0.308. The Balaban J connectivity index is 2.26. The first-order valence-electron chi connectivity index (χ1n) is 5.33. The lowest BCUT2D eigenvalue weighted by atomic mass is 10.2. The van der Waals surface area contributed by atoms with Crippen molar-refractivity contribution in [2.75, 3.05) is 19.8 Å². The second kappa shape index (κ2) is 7.60. The Morgan fingerprint density at radius 2 is 2.06 bits per heavy atom. The number of aliphatic hydroxyl groups is 1. The van der Waals surface area contributed by atoms with Gasteiger partial charge in [0, 0.05) is 0 Å². The van der Waals surface area contributed by atoms with E-state index in [4.69, 9.17) is 9.47 Å². The Bertz CT molecular complexity index is 348. The Hall–Kier alpha value is -1.65. The van der Waals surface area contributed by atoms with Gasteiger partial charge in [-0.25, -0.2) is 4.79 Å². The van der Waals surface area contributed by atoms with Gasteiger partial charge in [-0.2, -0.15) is 0 Å². The molecular weight excluding hydrogens is 220 g/mol. The minimum atomic E-state index is -0.817. The Morgan fingerprint density at radius 3 is 2.71 bits per heavy atom. The van der Waals surface area contributed by atoms with Crippen molar-refractivity contribution in [3.05, 3.63) is 48.6 Å². The summed E-state index contributed by atoms with van der Waals surface area (Å²) in [5.74, 6) is -0.451. The minimum absolute atomic E-state index is 0.0785. The molecule has 0 spiro atoms. The molecule has 0 aliphatic heterocycles. The first kappa shape index (κ1) is 13.4. The van der Waals surface area contributed by atoms with Crippen LogP contribution in [0, 0.1) is 0 Å². The van der Waals surface area contributed by atoms with E-state index in [-0.39, 0.29) is 13.2 Å². The van der Waals surface area contributed by atoms with E-state index >= 15 is 0 Å². The van der Waals surface area contributed by atoms with Crippen molar-refractivity contribution in [1.29, 1.82) is 0 Å². The smallest absolute Gasteiger partial charge is 0.338 e. The molecule has 4 nitrogen and oxygen atoms in total. The molecule has 1 atom stereocenters. The highest BCUT2D eigenvalue weighted by Gasteiger charge is 2.10. The summed E-state index contributed by atoms with van der Waals surface area (Å²) in [6.45, 7) is 3.88. The average molecular weight is 236 g/mol. The van der Waals surface area contributed by atoms with Crippen molar-refractivity contribution in [2.24, 2.45) is 0 Å². The van der Waals surface area contributed by atoms with E-state index in [2.05, 4.69) is 6.58 Å². The topological polar surface area (TPSA) is 55.8 Å². The summed E-state index contributed by atoms with van der Waals surface area (Å²) in [6, 6.07) is 8.63. The summed E-state index contributed by atoms with van der Waals surface area (Å²) in [5, 5.41) is 9.44. The average Bonchev–Trinajstić information content (AvgIpc) is 2.37. The molecule has 0 amide bonds. The van der Waals surface area contributed by atoms with Crippen LogP contribution < -0.4 is 0 Å². The second-order valence-electron chi connectivity index (χ2n) is 3.44. The first-order valence-corrected chi connectivity index (χ1v) is 5.33. The van der Waals surface area contributed by atoms with E-state index in [1.165, 1.54) is 0 Å². The van der Waals surface area contributed by atoms with Crippen LogP contribution in [0.5, 0.6) is 0 Å². The molecule has 0 bridgehead atoms. The Kier molecular flexibility index (Phi) is 5.99. The molecule has 4 heteroatoms. The molecule has 0 aromatic heterocycles. The number of hydrogen-bond acceptors (Lipinski definition) is 4.